The number of hydrogen-bond donors (Lipinski definition) is 18. The summed E-state index contributed by atoms with van der Waals surface area (Å²) >= 11 is 0.653. The molecule has 7 atom stereocenters. The Morgan fingerprint density at radius 3 is 2.22 bits per heavy atom. The second-order valence-electron chi connectivity index (χ2n) is 21.6. The van der Waals surface area contributed by atoms with E-state index in [2.05, 4.69) is 51.8 Å². The molecule has 0 bridgehead atoms. The second kappa shape index (κ2) is 28.9. The highest BCUT2D eigenvalue weighted by Gasteiger charge is 2.75. The van der Waals surface area contributed by atoms with Crippen LogP contribution in [-0.2, 0) is 56.1 Å². The molecule has 0 unspecified atom stereocenters. The summed E-state index contributed by atoms with van der Waals surface area (Å²) in [5, 5.41) is 96.8. The van der Waals surface area contributed by atoms with E-state index in [0.29, 0.717) is 23.1 Å². The Morgan fingerprint density at radius 2 is 1.57 bits per heavy atom. The number of aromatic nitrogens is 5. The minimum Gasteiger partial charge on any atom is -0.505 e. The Labute approximate surface area is 534 Å². The summed E-state index contributed by atoms with van der Waals surface area (Å²) in [5.41, 5.74) is 15.4. The van der Waals surface area contributed by atoms with Crippen LogP contribution in [0.5, 0.6) is 29.0 Å². The molecule has 6 amide bonds. The molecular weight excluding hydrogens is 1260 g/mol. The van der Waals surface area contributed by atoms with Crippen LogP contribution in [0, 0.1) is 12.3 Å². The number of hydrogen-bond acceptors (Lipinski definition) is 25. The SMILES string of the molecule is COc1c(C)c(O)c2c(c1O)C(=COC(N)=O)[C@]1(OC)[C@H]3[C@@H](CN21)N3C(=O)CCCn1c(O)cc(SC[C@@H](NC(=O)[C@@H](CC(=O)O)NC(=O)[C@@H](CCCNC(=N)N)NC(=O)CC[C@@H](NC(=O)c2ccc(NCc3cnc4nc(N)[nH]c(=O)c4n3)cc2)C(=O)O)C(=O)O)c1O. The van der Waals surface area contributed by atoms with E-state index >= 15 is 0 Å². The third-order valence-electron chi connectivity index (χ3n) is 15.6. The topological polar surface area (TPSA) is 580 Å². The van der Waals surface area contributed by atoms with Gasteiger partial charge in [-0.2, -0.15) is 4.98 Å². The number of H-pyrrole nitrogens is 1. The average molecular weight is 1330 g/mol. The van der Waals surface area contributed by atoms with E-state index in [4.69, 9.17) is 36.8 Å². The molecule has 3 aromatic heterocycles. The van der Waals surface area contributed by atoms with Crippen molar-refractivity contribution in [2.24, 2.45) is 11.5 Å². The quantitative estimate of drug-likeness (QED) is 0.00459. The molecule has 94 heavy (non-hydrogen) atoms. The molecule has 0 aliphatic carbocycles. The summed E-state index contributed by atoms with van der Waals surface area (Å²) in [5.74, 6) is -12.3. The number of phenolic OH excluding ortho intramolecular Hbond substituents is 2. The van der Waals surface area contributed by atoms with Crippen LogP contribution in [0.1, 0.15) is 72.1 Å². The van der Waals surface area contributed by atoms with Gasteiger partial charge in [-0.3, -0.25) is 48.5 Å². The van der Waals surface area contributed by atoms with Crippen molar-refractivity contribution in [3.8, 4) is 29.0 Å². The van der Waals surface area contributed by atoms with Gasteiger partial charge in [0.1, 0.15) is 42.2 Å². The number of carbonyl (C=O) groups excluding carboxylic acids is 6. The number of primary amides is 1. The van der Waals surface area contributed by atoms with Gasteiger partial charge >= 0.3 is 24.0 Å². The van der Waals surface area contributed by atoms with Crippen LogP contribution in [0.25, 0.3) is 16.7 Å². The van der Waals surface area contributed by atoms with Crippen LogP contribution >= 0.6 is 11.8 Å². The first kappa shape index (κ1) is 68.6. The number of fused-ring (bicyclic) bond motifs is 6. The molecule has 38 heteroatoms. The maximum Gasteiger partial charge on any atom is 0.409 e. The number of carboxylic acids is 3. The van der Waals surface area contributed by atoms with Crippen LogP contribution in [0.2, 0.25) is 0 Å². The lowest BCUT2D eigenvalue weighted by Gasteiger charge is -2.37. The maximum atomic E-state index is 13.9. The number of carboxylic acid groups (broad SMARTS) is 3. The van der Waals surface area contributed by atoms with Gasteiger partial charge < -0.3 is 109 Å². The highest BCUT2D eigenvalue weighted by Crippen LogP contribution is 2.66. The fraction of sp³-hybridized carbons (Fsp3) is 0.393. The zero-order chi connectivity index (χ0) is 68.6. The number of methoxy groups -OCH3 is 2. The number of phenols is 2. The van der Waals surface area contributed by atoms with Crippen LogP contribution in [0.3, 0.4) is 0 Å². The molecule has 3 aliphatic rings. The lowest BCUT2D eigenvalue weighted by atomic mass is 9.95. The van der Waals surface area contributed by atoms with Crippen LogP contribution in [-0.4, -0.2) is 200 Å². The third kappa shape index (κ3) is 14.9. The number of anilines is 3. The number of nitrogen functional groups attached to an aromatic ring is 1. The van der Waals surface area contributed by atoms with Gasteiger partial charge in [-0.1, -0.05) is 0 Å². The molecule has 0 saturated carbocycles. The Morgan fingerprint density at radius 1 is 0.883 bits per heavy atom. The molecule has 6 heterocycles. The second-order valence-corrected chi connectivity index (χ2v) is 22.7. The average Bonchev–Trinajstić information content (AvgIpc) is 1.49. The summed E-state index contributed by atoms with van der Waals surface area (Å²) in [4.78, 5) is 147. The molecule has 2 fully saturated rings. The molecule has 2 aromatic carbocycles. The van der Waals surface area contributed by atoms with Gasteiger partial charge in [0.25, 0.3) is 11.5 Å². The van der Waals surface area contributed by atoms with Crippen molar-refractivity contribution in [3.05, 3.63) is 75.5 Å². The Bertz CT molecular complexity index is 3940. The van der Waals surface area contributed by atoms with Gasteiger partial charge in [-0.25, -0.2) is 24.4 Å². The number of benzene rings is 2. The monoisotopic (exact) mass is 1330 g/mol. The van der Waals surface area contributed by atoms with E-state index in [1.54, 1.807) is 4.90 Å². The molecule has 2 saturated heterocycles. The predicted octanol–water partition coefficient (Wildman–Crippen LogP) is -1.45. The minimum atomic E-state index is -1.97. The molecule has 21 N–H and O–H groups in total. The van der Waals surface area contributed by atoms with E-state index < -0.39 is 150 Å². The molecule has 0 radical (unpaired) electrons. The first-order valence-corrected chi connectivity index (χ1v) is 29.6. The van der Waals surface area contributed by atoms with E-state index in [1.807, 2.05) is 0 Å². The standard InChI is InChI=1S/C56H67N17O20S/c1-23-41(79)40-38(42(80)43(23)91-2)27(21-93-55(60)90)56(92-3)44-32(20-72(40)56)73(44)35(75)7-5-15-71-36(76)17-33(50(71)85)94-22-31(52(88)89)68-48(83)30(16-37(77)78)67-47(82)28(6-4-14-61-53(57)58)65-34(74)13-12-29(51(86)87)66-46(81)24-8-10-25(11-9-24)62-18-26-19-63-45-39(64-26)49(84)70-54(59)69-45/h8-11,17,19,21,28-32,44,62,76,79-80,85H,4-7,12-16,18,20,22H2,1-3H3,(H2,60,90)(H,65,74)(H,66,81)(H,67,82)(H,68,83)(H,77,78)(H,86,87)(H,88,89)(H4,57,58,61)(H3,59,63,69,70,84)/t28-,29-,30-,31-,32-,44-,56+,73?/m1/s1. The van der Waals surface area contributed by atoms with Crippen molar-refractivity contribution in [2.45, 2.75) is 112 Å². The highest BCUT2D eigenvalue weighted by atomic mass is 32.2. The number of nitrogens with zero attached hydrogens (tertiary/aromatic N) is 6. The predicted molar refractivity (Wildman–Crippen MR) is 328 cm³/mol. The van der Waals surface area contributed by atoms with Gasteiger partial charge in [0, 0.05) is 68.2 Å². The van der Waals surface area contributed by atoms with Gasteiger partial charge in [0.2, 0.25) is 35.5 Å². The molecule has 0 spiro atoms. The molecule has 3 aliphatic heterocycles. The first-order chi connectivity index (χ1) is 44.6. The van der Waals surface area contributed by atoms with E-state index in [1.165, 1.54) is 56.5 Å². The van der Waals surface area contributed by atoms with Gasteiger partial charge in [-0.15, -0.1) is 11.8 Å². The Hall–Kier alpha value is -11.3. The number of thioether (sulfide) groups is 1. The van der Waals surface area contributed by atoms with Crippen molar-refractivity contribution in [1.29, 1.82) is 5.41 Å². The zero-order valence-corrected chi connectivity index (χ0v) is 51.1. The third-order valence-corrected chi connectivity index (χ3v) is 16.7. The first-order valence-electron chi connectivity index (χ1n) is 28.6. The number of nitrogens with one attached hydrogen (secondary N) is 8. The van der Waals surface area contributed by atoms with Crippen molar-refractivity contribution >= 4 is 105 Å². The van der Waals surface area contributed by atoms with Gasteiger partial charge in [-0.05, 0) is 56.9 Å². The molecule has 8 rings (SSSR count). The number of aliphatic carboxylic acids is 3. The van der Waals surface area contributed by atoms with Crippen LogP contribution in [0.15, 0.2) is 52.5 Å². The number of aromatic hydroxyl groups is 4. The number of carbonyl (C=O) groups is 9. The highest BCUT2D eigenvalue weighted by molar-refractivity contribution is 7.99. The summed E-state index contributed by atoms with van der Waals surface area (Å²) < 4.78 is 17.5. The van der Waals surface area contributed by atoms with Crippen LogP contribution in [0.4, 0.5) is 22.1 Å². The van der Waals surface area contributed by atoms with Crippen molar-refractivity contribution in [2.75, 3.05) is 49.0 Å². The lowest BCUT2D eigenvalue weighted by Crippen LogP contribution is -2.56. The van der Waals surface area contributed by atoms with E-state index in [-0.39, 0.29) is 113 Å². The fourth-order valence-electron chi connectivity index (χ4n) is 11.1. The number of guanidine groups is 1. The summed E-state index contributed by atoms with van der Waals surface area (Å²) in [7, 11) is 2.61. The number of rotatable bonds is 31. The zero-order valence-electron chi connectivity index (χ0n) is 50.3. The van der Waals surface area contributed by atoms with Crippen molar-refractivity contribution in [1.82, 2.24) is 56.0 Å². The van der Waals surface area contributed by atoms with Crippen molar-refractivity contribution < 1.29 is 93.1 Å². The normalized spacial score (nSPS) is 17.5. The fourth-order valence-corrected chi connectivity index (χ4v) is 12.1. The minimum absolute atomic E-state index is 0.0103. The van der Waals surface area contributed by atoms with Crippen LogP contribution < -0.4 is 64.3 Å². The maximum absolute atomic E-state index is 13.9. The Balaban J connectivity index is 0.841. The van der Waals surface area contributed by atoms with Crippen molar-refractivity contribution in [3.63, 3.8) is 0 Å². The number of amides is 6. The molecular formula is C56H67N17O20S. The number of nitrogens with two attached hydrogens (primary N) is 3. The van der Waals surface area contributed by atoms with E-state index in [0.717, 1.165) is 16.9 Å². The number of aromatic amines is 1. The number of ether oxygens (including phenoxy) is 3. The summed E-state index contributed by atoms with van der Waals surface area (Å²) in [6, 6.07) is -1.36. The van der Waals surface area contributed by atoms with E-state index in [9.17, 15) is 83.7 Å². The molecule has 502 valence electrons. The Kier molecular flexibility index (Phi) is 21.1. The number of piperazine rings is 1. The largest absolute Gasteiger partial charge is 0.505 e. The smallest absolute Gasteiger partial charge is 0.409 e. The summed E-state index contributed by atoms with van der Waals surface area (Å²) in [6.07, 6.45) is -1.39. The lowest BCUT2D eigenvalue weighted by molar-refractivity contribution is -0.143. The molecule has 37 nitrogen and oxygen atoms in total. The van der Waals surface area contributed by atoms with Gasteiger partial charge in [0.15, 0.2) is 40.2 Å². The summed E-state index contributed by atoms with van der Waals surface area (Å²) in [6.45, 7) is 1.55. The van der Waals surface area contributed by atoms with Gasteiger partial charge in [0.05, 0.1) is 59.7 Å². The molecule has 5 aromatic rings.